The molecule has 28 heavy (non-hydrogen) atoms. The third-order valence-corrected chi connectivity index (χ3v) is 4.40. The molecular weight excluding hydrogens is 385 g/mol. The Morgan fingerprint density at radius 3 is 2.75 bits per heavy atom. The molecule has 0 fully saturated rings. The summed E-state index contributed by atoms with van der Waals surface area (Å²) in [6.45, 7) is 0. The fourth-order valence-electron chi connectivity index (χ4n) is 3.07. The van der Waals surface area contributed by atoms with E-state index in [0.717, 1.165) is 16.5 Å². The number of carbonyl (C=O) groups is 2. The van der Waals surface area contributed by atoms with Crippen LogP contribution in [0.15, 0.2) is 47.7 Å². The van der Waals surface area contributed by atoms with E-state index in [9.17, 15) is 14.0 Å². The first kappa shape index (κ1) is 19.5. The van der Waals surface area contributed by atoms with Gasteiger partial charge in [-0.25, -0.2) is 9.82 Å². The van der Waals surface area contributed by atoms with Crippen LogP contribution in [0.3, 0.4) is 0 Å². The first-order chi connectivity index (χ1) is 13.0. The third-order valence-electron chi connectivity index (χ3n) is 4.40. The lowest BCUT2D eigenvalue weighted by molar-refractivity contribution is -0.117. The number of aromatic amines is 1. The van der Waals surface area contributed by atoms with Crippen LogP contribution in [0.5, 0.6) is 0 Å². The Bertz CT molecular complexity index is 1080. The van der Waals surface area contributed by atoms with Crippen LogP contribution in [-0.2, 0) is 11.2 Å². The molecule has 1 aliphatic rings. The first-order valence-electron chi connectivity index (χ1n) is 8.30. The molecule has 7 nitrogen and oxygen atoms in total. The molecule has 2 aromatic carbocycles. The zero-order valence-corrected chi connectivity index (χ0v) is 15.3. The summed E-state index contributed by atoms with van der Waals surface area (Å²) in [4.78, 5) is 27.7. The predicted molar refractivity (Wildman–Crippen MR) is 107 cm³/mol. The molecule has 2 amide bonds. The molecule has 4 rings (SSSR count). The van der Waals surface area contributed by atoms with Crippen LogP contribution in [0.25, 0.3) is 10.9 Å². The summed E-state index contributed by atoms with van der Waals surface area (Å²) in [6, 6.07) is 8.33. The Morgan fingerprint density at radius 1 is 1.25 bits per heavy atom. The Kier molecular flexibility index (Phi) is 5.43. The van der Waals surface area contributed by atoms with Crippen molar-refractivity contribution in [1.82, 2.24) is 10.4 Å². The van der Waals surface area contributed by atoms with E-state index in [1.807, 2.05) is 0 Å². The maximum absolute atomic E-state index is 13.0. The van der Waals surface area contributed by atoms with Gasteiger partial charge in [-0.3, -0.25) is 9.59 Å². The second kappa shape index (κ2) is 7.79. The van der Waals surface area contributed by atoms with E-state index in [0.29, 0.717) is 16.8 Å². The maximum atomic E-state index is 13.0. The van der Waals surface area contributed by atoms with E-state index in [2.05, 4.69) is 20.8 Å². The number of nitrogens with two attached hydrogens (primary N) is 1. The molecule has 1 aliphatic heterocycles. The molecule has 0 unspecified atom stereocenters. The summed E-state index contributed by atoms with van der Waals surface area (Å²) in [5, 5.41) is 7.33. The standard InChI is InChI=1S/C19H16FN5O2.ClH/c20-12-3-1-10(2-4-12)5-15(21)19(27)24-13-6-14-17-11(8-22-16(17)7-13)9-23-25-18(14)26;/h1-4,6-9,15,22H,5,21H2,(H,24,27)(H,25,26);1H/t15-;/m1./s1. The molecule has 5 N–H and O–H groups in total. The second-order valence-electron chi connectivity index (χ2n) is 6.32. The van der Waals surface area contributed by atoms with Gasteiger partial charge in [0.25, 0.3) is 5.91 Å². The van der Waals surface area contributed by atoms with Crippen LogP contribution in [0, 0.1) is 5.82 Å². The molecule has 9 heteroatoms. The van der Waals surface area contributed by atoms with E-state index >= 15 is 0 Å². The first-order valence-corrected chi connectivity index (χ1v) is 8.30. The van der Waals surface area contributed by atoms with Crippen molar-refractivity contribution in [2.45, 2.75) is 12.5 Å². The summed E-state index contributed by atoms with van der Waals surface area (Å²) < 4.78 is 13.0. The molecular formula is C19H17ClFN5O2. The molecule has 0 saturated heterocycles. The minimum Gasteiger partial charge on any atom is -0.360 e. The topological polar surface area (TPSA) is 112 Å². The highest BCUT2D eigenvalue weighted by molar-refractivity contribution is 6.15. The minimum absolute atomic E-state index is 0. The average molecular weight is 402 g/mol. The number of hydrazone groups is 1. The Balaban J connectivity index is 0.00000225. The van der Waals surface area contributed by atoms with Gasteiger partial charge in [-0.2, -0.15) is 5.10 Å². The lowest BCUT2D eigenvalue weighted by Gasteiger charge is -2.13. The van der Waals surface area contributed by atoms with Gasteiger partial charge in [0, 0.05) is 28.4 Å². The number of rotatable bonds is 4. The molecule has 0 bridgehead atoms. The van der Waals surface area contributed by atoms with Gasteiger partial charge in [-0.05, 0) is 36.2 Å². The Hall–Kier alpha value is -3.23. The SMILES string of the molecule is Cl.N[C@H](Cc1ccc(F)cc1)C(=O)Nc1cc2c3c(c[nH]c3c1)C=NNC2=O. The van der Waals surface area contributed by atoms with Crippen LogP contribution >= 0.6 is 12.4 Å². The number of hydrogen-bond acceptors (Lipinski definition) is 4. The van der Waals surface area contributed by atoms with Gasteiger partial charge in [0.1, 0.15) is 5.82 Å². The number of benzene rings is 2. The molecule has 144 valence electrons. The Morgan fingerprint density at radius 2 is 2.00 bits per heavy atom. The maximum Gasteiger partial charge on any atom is 0.272 e. The number of carbonyl (C=O) groups excluding carboxylic acids is 2. The number of hydrogen-bond donors (Lipinski definition) is 4. The normalized spacial score (nSPS) is 13.4. The lowest BCUT2D eigenvalue weighted by atomic mass is 10.0. The van der Waals surface area contributed by atoms with Crippen molar-refractivity contribution in [3.63, 3.8) is 0 Å². The highest BCUT2D eigenvalue weighted by Crippen LogP contribution is 2.27. The van der Waals surface area contributed by atoms with Gasteiger partial charge < -0.3 is 16.0 Å². The van der Waals surface area contributed by atoms with Crippen molar-refractivity contribution >= 4 is 47.0 Å². The van der Waals surface area contributed by atoms with Crippen molar-refractivity contribution in [3.8, 4) is 0 Å². The number of halogens is 2. The van der Waals surface area contributed by atoms with Crippen LogP contribution in [0.1, 0.15) is 21.5 Å². The zero-order chi connectivity index (χ0) is 19.0. The van der Waals surface area contributed by atoms with Crippen LogP contribution in [0.4, 0.5) is 10.1 Å². The van der Waals surface area contributed by atoms with Gasteiger partial charge in [-0.15, -0.1) is 12.4 Å². The average Bonchev–Trinajstić information content (AvgIpc) is 2.98. The van der Waals surface area contributed by atoms with Crippen LogP contribution in [0.2, 0.25) is 0 Å². The summed E-state index contributed by atoms with van der Waals surface area (Å²) >= 11 is 0. The predicted octanol–water partition coefficient (Wildman–Crippen LogP) is 2.31. The summed E-state index contributed by atoms with van der Waals surface area (Å²) in [5.41, 5.74) is 11.5. The van der Waals surface area contributed by atoms with Gasteiger partial charge in [-0.1, -0.05) is 12.1 Å². The van der Waals surface area contributed by atoms with Crippen molar-refractivity contribution in [2.75, 3.05) is 5.32 Å². The molecule has 0 saturated carbocycles. The van der Waals surface area contributed by atoms with Gasteiger partial charge in [0.05, 0.1) is 17.8 Å². The van der Waals surface area contributed by atoms with Crippen LogP contribution < -0.4 is 16.5 Å². The number of H-pyrrole nitrogens is 1. The van der Waals surface area contributed by atoms with E-state index < -0.39 is 11.9 Å². The van der Waals surface area contributed by atoms with Crippen molar-refractivity contribution in [2.24, 2.45) is 10.8 Å². The molecule has 0 aliphatic carbocycles. The summed E-state index contributed by atoms with van der Waals surface area (Å²) in [7, 11) is 0. The molecule has 3 aromatic rings. The van der Waals surface area contributed by atoms with Crippen LogP contribution in [-0.4, -0.2) is 29.1 Å². The largest absolute Gasteiger partial charge is 0.360 e. The quantitative estimate of drug-likeness (QED) is 0.538. The summed E-state index contributed by atoms with van der Waals surface area (Å²) in [6.07, 6.45) is 3.57. The van der Waals surface area contributed by atoms with Crippen molar-refractivity contribution in [1.29, 1.82) is 0 Å². The third kappa shape index (κ3) is 3.73. The van der Waals surface area contributed by atoms with Gasteiger partial charge >= 0.3 is 0 Å². The highest BCUT2D eigenvalue weighted by atomic mass is 35.5. The number of anilines is 1. The van der Waals surface area contributed by atoms with Crippen molar-refractivity contribution < 1.29 is 14.0 Å². The number of nitrogens with zero attached hydrogens (tertiary/aromatic N) is 1. The Labute approximate surface area is 165 Å². The lowest BCUT2D eigenvalue weighted by Crippen LogP contribution is -2.37. The number of amides is 2. The minimum atomic E-state index is -0.818. The summed E-state index contributed by atoms with van der Waals surface area (Å²) in [5.74, 6) is -1.10. The van der Waals surface area contributed by atoms with E-state index in [1.54, 1.807) is 36.7 Å². The smallest absolute Gasteiger partial charge is 0.272 e. The van der Waals surface area contributed by atoms with E-state index in [1.165, 1.54) is 12.1 Å². The molecule has 0 radical (unpaired) electrons. The number of nitrogens with one attached hydrogen (secondary N) is 3. The van der Waals surface area contributed by atoms with Gasteiger partial charge in [0.2, 0.25) is 5.91 Å². The fraction of sp³-hybridized carbons (Fsp3) is 0.105. The zero-order valence-electron chi connectivity index (χ0n) is 14.5. The van der Waals surface area contributed by atoms with Gasteiger partial charge in [0.15, 0.2) is 0 Å². The highest BCUT2D eigenvalue weighted by Gasteiger charge is 2.20. The van der Waals surface area contributed by atoms with Crippen molar-refractivity contribution in [3.05, 3.63) is 65.1 Å². The molecule has 0 spiro atoms. The van der Waals surface area contributed by atoms with E-state index in [4.69, 9.17) is 5.73 Å². The second-order valence-corrected chi connectivity index (χ2v) is 6.32. The molecule has 1 aromatic heterocycles. The monoisotopic (exact) mass is 401 g/mol. The molecule has 1 atom stereocenters. The number of aromatic nitrogens is 1. The fourth-order valence-corrected chi connectivity index (χ4v) is 3.07. The molecule has 2 heterocycles. The van der Waals surface area contributed by atoms with E-state index in [-0.39, 0.29) is 30.6 Å².